The van der Waals surface area contributed by atoms with Gasteiger partial charge in [0.15, 0.2) is 0 Å². The number of unbranched alkanes of at least 4 members (excludes halogenated alkanes) is 1. The lowest BCUT2D eigenvalue weighted by molar-refractivity contribution is -0.134. The molecule has 0 bridgehead atoms. The highest BCUT2D eigenvalue weighted by atomic mass is 16.1. The molecule has 1 aliphatic rings. The smallest absolute Gasteiger partial charge is 0.136 e. The molecule has 0 spiro atoms. The molecule has 0 amide bonds. The highest BCUT2D eigenvalue weighted by Crippen LogP contribution is 2.56. The van der Waals surface area contributed by atoms with Gasteiger partial charge in [-0.15, -0.1) is 0 Å². The summed E-state index contributed by atoms with van der Waals surface area (Å²) in [6.45, 7) is 11.4. The molecule has 1 saturated carbocycles. The molecule has 1 nitrogen and oxygen atoms in total. The lowest BCUT2D eigenvalue weighted by Gasteiger charge is -2.52. The van der Waals surface area contributed by atoms with Crippen molar-refractivity contribution in [2.45, 2.75) is 92.4 Å². The van der Waals surface area contributed by atoms with E-state index in [4.69, 9.17) is 0 Å². The maximum absolute atomic E-state index is 12.6. The minimum absolute atomic E-state index is 0.247. The van der Waals surface area contributed by atoms with Crippen LogP contribution in [0.25, 0.3) is 0 Å². The summed E-state index contributed by atoms with van der Waals surface area (Å²) in [6, 6.07) is 0. The number of ketones is 1. The Bertz CT molecular complexity index is 279. The second kappa shape index (κ2) is 6.90. The Labute approximate surface area is 120 Å². The van der Waals surface area contributed by atoms with Crippen molar-refractivity contribution in [2.24, 2.45) is 16.7 Å². The molecule has 0 heterocycles. The van der Waals surface area contributed by atoms with E-state index in [1.807, 2.05) is 6.92 Å². The first-order valence-electron chi connectivity index (χ1n) is 8.41. The van der Waals surface area contributed by atoms with E-state index >= 15 is 0 Å². The normalized spacial score (nSPS) is 21.1. The van der Waals surface area contributed by atoms with Crippen molar-refractivity contribution in [3.8, 4) is 0 Å². The van der Waals surface area contributed by atoms with Crippen LogP contribution in [-0.4, -0.2) is 5.78 Å². The van der Waals surface area contributed by atoms with E-state index in [-0.39, 0.29) is 10.8 Å². The molecule has 19 heavy (non-hydrogen) atoms. The molecule has 0 aliphatic heterocycles. The SMILES string of the molecule is CCCCC(C(=O)CC)C1(C(C)(C)C)CCCCC1. The topological polar surface area (TPSA) is 17.1 Å². The van der Waals surface area contributed by atoms with Crippen molar-refractivity contribution in [1.82, 2.24) is 0 Å². The highest BCUT2D eigenvalue weighted by molar-refractivity contribution is 5.81. The molecular weight excluding hydrogens is 232 g/mol. The van der Waals surface area contributed by atoms with Gasteiger partial charge in [-0.1, -0.05) is 66.7 Å². The maximum Gasteiger partial charge on any atom is 0.136 e. The van der Waals surface area contributed by atoms with Crippen molar-refractivity contribution in [1.29, 1.82) is 0 Å². The first-order valence-corrected chi connectivity index (χ1v) is 8.41. The number of Topliss-reactive ketones (excluding diaryl/α,β-unsaturated/α-hetero) is 1. The zero-order valence-electron chi connectivity index (χ0n) is 13.8. The summed E-state index contributed by atoms with van der Waals surface area (Å²) in [6.07, 6.45) is 10.7. The van der Waals surface area contributed by atoms with Crippen LogP contribution in [-0.2, 0) is 4.79 Å². The van der Waals surface area contributed by atoms with Gasteiger partial charge in [0.1, 0.15) is 5.78 Å². The first-order chi connectivity index (χ1) is 8.89. The summed E-state index contributed by atoms with van der Waals surface area (Å²) in [4.78, 5) is 12.6. The highest BCUT2D eigenvalue weighted by Gasteiger charge is 2.49. The third-order valence-corrected chi connectivity index (χ3v) is 5.49. The van der Waals surface area contributed by atoms with Crippen LogP contribution >= 0.6 is 0 Å². The van der Waals surface area contributed by atoms with Gasteiger partial charge >= 0.3 is 0 Å². The predicted octanol–water partition coefficient (Wildman–Crippen LogP) is 5.77. The molecular formula is C18H34O. The third-order valence-electron chi connectivity index (χ3n) is 5.49. The molecule has 1 fully saturated rings. The van der Waals surface area contributed by atoms with Crippen LogP contribution in [0.15, 0.2) is 0 Å². The fraction of sp³-hybridized carbons (Fsp3) is 0.944. The van der Waals surface area contributed by atoms with Gasteiger partial charge in [-0.3, -0.25) is 4.79 Å². The number of hydrogen-bond donors (Lipinski definition) is 0. The zero-order valence-corrected chi connectivity index (χ0v) is 13.8. The van der Waals surface area contributed by atoms with Crippen molar-refractivity contribution in [2.75, 3.05) is 0 Å². The van der Waals surface area contributed by atoms with Crippen LogP contribution in [0.2, 0.25) is 0 Å². The molecule has 0 saturated heterocycles. The summed E-state index contributed by atoms with van der Waals surface area (Å²) in [5, 5.41) is 0. The molecule has 1 atom stereocenters. The summed E-state index contributed by atoms with van der Waals surface area (Å²) in [7, 11) is 0. The molecule has 1 unspecified atom stereocenters. The minimum atomic E-state index is 0.247. The fourth-order valence-corrected chi connectivity index (χ4v) is 4.20. The van der Waals surface area contributed by atoms with Gasteiger partial charge in [0, 0.05) is 12.3 Å². The van der Waals surface area contributed by atoms with Crippen molar-refractivity contribution < 1.29 is 4.79 Å². The van der Waals surface area contributed by atoms with Crippen LogP contribution in [0.3, 0.4) is 0 Å². The maximum atomic E-state index is 12.6. The largest absolute Gasteiger partial charge is 0.299 e. The Hall–Kier alpha value is -0.330. The van der Waals surface area contributed by atoms with E-state index in [0.29, 0.717) is 18.1 Å². The third kappa shape index (κ3) is 3.61. The number of carbonyl (C=O) groups is 1. The van der Waals surface area contributed by atoms with E-state index < -0.39 is 0 Å². The van der Waals surface area contributed by atoms with Crippen molar-refractivity contribution in [3.05, 3.63) is 0 Å². The standard InChI is InChI=1S/C18H34O/c1-6-8-12-15(16(19)7-2)18(17(3,4)5)13-10-9-11-14-18/h15H,6-14H2,1-5H3. The van der Waals surface area contributed by atoms with Crippen LogP contribution in [0.5, 0.6) is 0 Å². The van der Waals surface area contributed by atoms with Gasteiger partial charge in [-0.05, 0) is 30.1 Å². The molecule has 1 rings (SSSR count). The van der Waals surface area contributed by atoms with Gasteiger partial charge in [0.25, 0.3) is 0 Å². The Morgan fingerprint density at radius 1 is 1.11 bits per heavy atom. The Morgan fingerprint density at radius 3 is 2.11 bits per heavy atom. The summed E-state index contributed by atoms with van der Waals surface area (Å²) in [5.41, 5.74) is 0.504. The molecule has 0 aromatic rings. The zero-order chi connectivity index (χ0) is 14.5. The van der Waals surface area contributed by atoms with Gasteiger partial charge in [-0.2, -0.15) is 0 Å². The average molecular weight is 266 g/mol. The molecule has 1 heteroatoms. The summed E-state index contributed by atoms with van der Waals surface area (Å²) >= 11 is 0. The van der Waals surface area contributed by atoms with Gasteiger partial charge < -0.3 is 0 Å². The van der Waals surface area contributed by atoms with E-state index in [2.05, 4.69) is 27.7 Å². The van der Waals surface area contributed by atoms with Crippen LogP contribution in [0, 0.1) is 16.7 Å². The van der Waals surface area contributed by atoms with E-state index in [1.165, 1.54) is 44.9 Å². The number of carbonyl (C=O) groups excluding carboxylic acids is 1. The van der Waals surface area contributed by atoms with E-state index in [1.54, 1.807) is 0 Å². The molecule has 0 N–H and O–H groups in total. The Morgan fingerprint density at radius 2 is 1.68 bits per heavy atom. The molecule has 0 aromatic carbocycles. The van der Waals surface area contributed by atoms with Crippen LogP contribution in [0.4, 0.5) is 0 Å². The lowest BCUT2D eigenvalue weighted by atomic mass is 9.52. The molecule has 1 aliphatic carbocycles. The predicted molar refractivity (Wildman–Crippen MR) is 83.3 cm³/mol. The van der Waals surface area contributed by atoms with E-state index in [0.717, 1.165) is 6.42 Å². The van der Waals surface area contributed by atoms with Crippen molar-refractivity contribution in [3.63, 3.8) is 0 Å². The Kier molecular flexibility index (Phi) is 6.08. The van der Waals surface area contributed by atoms with Gasteiger partial charge in [0.2, 0.25) is 0 Å². The van der Waals surface area contributed by atoms with Gasteiger partial charge in [-0.25, -0.2) is 0 Å². The Balaban J connectivity index is 3.06. The van der Waals surface area contributed by atoms with Gasteiger partial charge in [0.05, 0.1) is 0 Å². The second-order valence-corrected chi connectivity index (χ2v) is 7.48. The fourth-order valence-electron chi connectivity index (χ4n) is 4.20. The number of hydrogen-bond acceptors (Lipinski definition) is 1. The van der Waals surface area contributed by atoms with Crippen LogP contribution < -0.4 is 0 Å². The van der Waals surface area contributed by atoms with Crippen LogP contribution in [0.1, 0.15) is 92.4 Å². The summed E-state index contributed by atoms with van der Waals surface area (Å²) < 4.78 is 0. The van der Waals surface area contributed by atoms with E-state index in [9.17, 15) is 4.79 Å². The average Bonchev–Trinajstić information content (AvgIpc) is 2.38. The minimum Gasteiger partial charge on any atom is -0.299 e. The molecule has 0 aromatic heterocycles. The quantitative estimate of drug-likeness (QED) is 0.596. The summed E-state index contributed by atoms with van der Waals surface area (Å²) in [5.74, 6) is 0.822. The second-order valence-electron chi connectivity index (χ2n) is 7.48. The first kappa shape index (κ1) is 16.7. The molecule has 0 radical (unpaired) electrons. The molecule has 112 valence electrons. The monoisotopic (exact) mass is 266 g/mol. The van der Waals surface area contributed by atoms with Crippen molar-refractivity contribution >= 4 is 5.78 Å². The lowest BCUT2D eigenvalue weighted by Crippen LogP contribution is -2.47. The number of rotatable bonds is 6.